The Morgan fingerprint density at radius 2 is 2.18 bits per heavy atom. The van der Waals surface area contributed by atoms with Crippen LogP contribution in [-0.2, 0) is 13.1 Å². The second kappa shape index (κ2) is 7.33. The molecule has 118 valence electrons. The van der Waals surface area contributed by atoms with Gasteiger partial charge in [-0.2, -0.15) is 0 Å². The predicted octanol–water partition coefficient (Wildman–Crippen LogP) is 4.60. The number of halogens is 2. The van der Waals surface area contributed by atoms with E-state index in [9.17, 15) is 0 Å². The lowest BCUT2D eigenvalue weighted by Crippen LogP contribution is -2.04. The van der Waals surface area contributed by atoms with Crippen molar-refractivity contribution in [2.75, 3.05) is 12.4 Å². The molecule has 0 bridgehead atoms. The minimum atomic E-state index is 0. The van der Waals surface area contributed by atoms with E-state index in [1.807, 2.05) is 25.2 Å². The van der Waals surface area contributed by atoms with E-state index in [-0.39, 0.29) is 12.4 Å². The molecule has 3 rings (SSSR count). The zero-order valence-electron chi connectivity index (χ0n) is 12.3. The molecule has 3 aromatic heterocycles. The van der Waals surface area contributed by atoms with Crippen LogP contribution >= 0.6 is 35.3 Å². The number of nitrogens with zero attached hydrogens (tertiary/aromatic N) is 1. The van der Waals surface area contributed by atoms with Gasteiger partial charge in [0, 0.05) is 17.5 Å². The van der Waals surface area contributed by atoms with Crippen molar-refractivity contribution < 1.29 is 4.42 Å². The van der Waals surface area contributed by atoms with E-state index in [0.29, 0.717) is 11.7 Å². The number of rotatable bonds is 5. The van der Waals surface area contributed by atoms with Crippen LogP contribution in [0, 0.1) is 6.92 Å². The van der Waals surface area contributed by atoms with Crippen LogP contribution in [0.4, 0.5) is 5.69 Å². The summed E-state index contributed by atoms with van der Waals surface area (Å²) in [6.07, 6.45) is 1.67. The Morgan fingerprint density at radius 3 is 2.86 bits per heavy atom. The average Bonchev–Trinajstić information content (AvgIpc) is 3.07. The first-order valence-corrected chi connectivity index (χ1v) is 7.88. The summed E-state index contributed by atoms with van der Waals surface area (Å²) >= 11 is 7.90. The fraction of sp³-hybridized carbons (Fsp3) is 0.267. The highest BCUT2D eigenvalue weighted by atomic mass is 35.5. The monoisotopic (exact) mass is 357 g/mol. The van der Waals surface area contributed by atoms with E-state index < -0.39 is 0 Å². The number of thiophene rings is 1. The first-order valence-electron chi connectivity index (χ1n) is 6.68. The Bertz CT molecular complexity index is 756. The Labute approximate surface area is 144 Å². The number of nitrogens with one attached hydrogen (secondary N) is 2. The molecule has 4 nitrogen and oxygen atoms in total. The van der Waals surface area contributed by atoms with Crippen LogP contribution in [0.2, 0.25) is 5.15 Å². The number of hydrogen-bond donors (Lipinski definition) is 2. The Balaban J connectivity index is 0.00000176. The number of fused-ring (bicyclic) bond motifs is 1. The van der Waals surface area contributed by atoms with Gasteiger partial charge in [0.05, 0.1) is 28.7 Å². The number of anilines is 1. The van der Waals surface area contributed by atoms with Gasteiger partial charge in [0.15, 0.2) is 0 Å². The molecule has 0 unspecified atom stereocenters. The Hall–Kier alpha value is -1.27. The van der Waals surface area contributed by atoms with Gasteiger partial charge >= 0.3 is 0 Å². The molecule has 2 N–H and O–H groups in total. The first kappa shape index (κ1) is 17.1. The van der Waals surface area contributed by atoms with Crippen LogP contribution in [0.15, 0.2) is 28.9 Å². The molecule has 0 aromatic carbocycles. The van der Waals surface area contributed by atoms with Crippen LogP contribution in [0.5, 0.6) is 0 Å². The minimum absolute atomic E-state index is 0. The summed E-state index contributed by atoms with van der Waals surface area (Å²) in [4.78, 5) is 5.75. The molecule has 0 saturated heterocycles. The third-order valence-electron chi connectivity index (χ3n) is 3.31. The van der Waals surface area contributed by atoms with Crippen molar-refractivity contribution in [2.24, 2.45) is 0 Å². The highest BCUT2D eigenvalue weighted by Gasteiger charge is 2.14. The lowest BCUT2D eigenvalue weighted by molar-refractivity contribution is 0.518. The summed E-state index contributed by atoms with van der Waals surface area (Å²) in [5, 5.41) is 7.08. The zero-order chi connectivity index (χ0) is 14.8. The summed E-state index contributed by atoms with van der Waals surface area (Å²) in [7, 11) is 1.94. The standard InChI is InChI=1S/C15H16ClN3OS.ClH/c1-9-12(8-17-2)21-15-11(6-13(16)19-14(9)15)18-7-10-4-3-5-20-10;/h3-6,17H,7-8H2,1-2H3,(H,18,19);1H. The van der Waals surface area contributed by atoms with Gasteiger partial charge in [-0.1, -0.05) is 11.6 Å². The third kappa shape index (κ3) is 3.38. The van der Waals surface area contributed by atoms with Gasteiger partial charge in [0.25, 0.3) is 0 Å². The van der Waals surface area contributed by atoms with E-state index in [0.717, 1.165) is 28.2 Å². The van der Waals surface area contributed by atoms with Crippen molar-refractivity contribution in [1.82, 2.24) is 10.3 Å². The third-order valence-corrected chi connectivity index (χ3v) is 4.82. The highest BCUT2D eigenvalue weighted by molar-refractivity contribution is 7.19. The number of hydrogen-bond acceptors (Lipinski definition) is 5. The fourth-order valence-corrected chi connectivity index (χ4v) is 3.69. The van der Waals surface area contributed by atoms with Crippen molar-refractivity contribution >= 4 is 51.2 Å². The number of aryl methyl sites for hydroxylation is 1. The molecular formula is C15H17Cl2N3OS. The topological polar surface area (TPSA) is 50.1 Å². The van der Waals surface area contributed by atoms with Gasteiger partial charge < -0.3 is 15.1 Å². The lowest BCUT2D eigenvalue weighted by atomic mass is 10.2. The number of furan rings is 1. The maximum atomic E-state index is 6.16. The number of pyridine rings is 1. The van der Waals surface area contributed by atoms with Gasteiger partial charge in [-0.05, 0) is 31.7 Å². The molecule has 3 aromatic rings. The average molecular weight is 358 g/mol. The lowest BCUT2D eigenvalue weighted by Gasteiger charge is -2.06. The first-order chi connectivity index (χ1) is 10.2. The predicted molar refractivity (Wildman–Crippen MR) is 95.4 cm³/mol. The van der Waals surface area contributed by atoms with Gasteiger partial charge in [0.2, 0.25) is 0 Å². The van der Waals surface area contributed by atoms with Gasteiger partial charge in [-0.3, -0.25) is 0 Å². The summed E-state index contributed by atoms with van der Waals surface area (Å²) in [6.45, 7) is 3.55. The van der Waals surface area contributed by atoms with E-state index in [1.165, 1.54) is 10.4 Å². The van der Waals surface area contributed by atoms with Crippen molar-refractivity contribution in [1.29, 1.82) is 0 Å². The summed E-state index contributed by atoms with van der Waals surface area (Å²) in [5.41, 5.74) is 3.16. The van der Waals surface area contributed by atoms with E-state index in [4.69, 9.17) is 16.0 Å². The van der Waals surface area contributed by atoms with Gasteiger partial charge in [-0.25, -0.2) is 4.98 Å². The van der Waals surface area contributed by atoms with Crippen LogP contribution in [0.3, 0.4) is 0 Å². The molecule has 0 spiro atoms. The van der Waals surface area contributed by atoms with E-state index in [1.54, 1.807) is 17.6 Å². The van der Waals surface area contributed by atoms with Gasteiger partial charge in [-0.15, -0.1) is 23.7 Å². The number of aromatic nitrogens is 1. The molecule has 0 fully saturated rings. The molecule has 0 radical (unpaired) electrons. The molecular weight excluding hydrogens is 341 g/mol. The molecule has 7 heteroatoms. The van der Waals surface area contributed by atoms with Crippen molar-refractivity contribution in [3.63, 3.8) is 0 Å². The summed E-state index contributed by atoms with van der Waals surface area (Å²) in [5.74, 6) is 0.889. The van der Waals surface area contributed by atoms with E-state index >= 15 is 0 Å². The molecule has 0 aliphatic rings. The van der Waals surface area contributed by atoms with E-state index in [2.05, 4.69) is 22.5 Å². The van der Waals surface area contributed by atoms with Crippen molar-refractivity contribution in [3.05, 3.63) is 45.8 Å². The normalized spacial score (nSPS) is 10.7. The zero-order valence-corrected chi connectivity index (χ0v) is 14.7. The van der Waals surface area contributed by atoms with Crippen LogP contribution in [-0.4, -0.2) is 12.0 Å². The van der Waals surface area contributed by atoms with Crippen molar-refractivity contribution in [2.45, 2.75) is 20.0 Å². The second-order valence-corrected chi connectivity index (χ2v) is 6.28. The smallest absolute Gasteiger partial charge is 0.131 e. The molecule has 0 amide bonds. The highest BCUT2D eigenvalue weighted by Crippen LogP contribution is 2.36. The van der Waals surface area contributed by atoms with Crippen molar-refractivity contribution in [3.8, 4) is 0 Å². The molecule has 3 heterocycles. The molecule has 0 saturated carbocycles. The minimum Gasteiger partial charge on any atom is -0.467 e. The second-order valence-electron chi connectivity index (χ2n) is 4.78. The fourth-order valence-electron chi connectivity index (χ4n) is 2.25. The van der Waals surface area contributed by atoms with Gasteiger partial charge in [0.1, 0.15) is 10.9 Å². The molecule has 0 aliphatic carbocycles. The summed E-state index contributed by atoms with van der Waals surface area (Å²) < 4.78 is 6.48. The van der Waals surface area contributed by atoms with Crippen LogP contribution < -0.4 is 10.6 Å². The SMILES string of the molecule is CNCc1sc2c(NCc3ccco3)cc(Cl)nc2c1C.Cl. The maximum absolute atomic E-state index is 6.16. The van der Waals surface area contributed by atoms with Crippen LogP contribution in [0.1, 0.15) is 16.2 Å². The Morgan fingerprint density at radius 1 is 1.36 bits per heavy atom. The quantitative estimate of drug-likeness (QED) is 0.655. The largest absolute Gasteiger partial charge is 0.467 e. The molecule has 22 heavy (non-hydrogen) atoms. The summed E-state index contributed by atoms with van der Waals surface area (Å²) in [6, 6.07) is 5.69. The Kier molecular flexibility index (Phi) is 5.69. The van der Waals surface area contributed by atoms with Crippen LogP contribution in [0.25, 0.3) is 10.2 Å². The molecule has 0 atom stereocenters. The molecule has 0 aliphatic heterocycles. The maximum Gasteiger partial charge on any atom is 0.131 e.